The summed E-state index contributed by atoms with van der Waals surface area (Å²) in [5.41, 5.74) is 2.39. The molecule has 1 heterocycles. The van der Waals surface area contributed by atoms with E-state index >= 15 is 0 Å². The summed E-state index contributed by atoms with van der Waals surface area (Å²) in [6.07, 6.45) is 0. The standard InChI is InChI=1S/C21H28N2O3/c1-16(17-6-4-8-20(12-17)24-2)22-14-19-15-26-11-10-23(19)18-7-5-9-21(13-18)25-3/h4-9,12-13,16,19,22H,10-11,14-15H2,1-3H3/t16-,19?/m1/s1. The van der Waals surface area contributed by atoms with Crippen LogP contribution in [0.15, 0.2) is 48.5 Å². The molecule has 0 bridgehead atoms. The SMILES string of the molecule is COc1cccc([C@@H](C)NCC2COCCN2c2cccc(OC)c2)c1. The second-order valence-corrected chi connectivity index (χ2v) is 6.53. The lowest BCUT2D eigenvalue weighted by atomic mass is 10.1. The number of hydrogen-bond acceptors (Lipinski definition) is 5. The van der Waals surface area contributed by atoms with Crippen molar-refractivity contribution in [3.05, 3.63) is 54.1 Å². The summed E-state index contributed by atoms with van der Waals surface area (Å²) in [6, 6.07) is 16.9. The number of methoxy groups -OCH3 is 2. The van der Waals surface area contributed by atoms with Gasteiger partial charge in [-0.15, -0.1) is 0 Å². The Kier molecular flexibility index (Phi) is 6.36. The van der Waals surface area contributed by atoms with Gasteiger partial charge in [0.1, 0.15) is 11.5 Å². The van der Waals surface area contributed by atoms with E-state index in [-0.39, 0.29) is 12.1 Å². The number of nitrogens with one attached hydrogen (secondary N) is 1. The Morgan fingerprint density at radius 3 is 2.62 bits per heavy atom. The highest BCUT2D eigenvalue weighted by molar-refractivity contribution is 5.52. The molecule has 3 rings (SSSR count). The number of ether oxygens (including phenoxy) is 3. The van der Waals surface area contributed by atoms with Gasteiger partial charge in [0, 0.05) is 30.9 Å². The van der Waals surface area contributed by atoms with Crippen LogP contribution in [0.3, 0.4) is 0 Å². The van der Waals surface area contributed by atoms with Gasteiger partial charge < -0.3 is 24.4 Å². The minimum absolute atomic E-state index is 0.235. The quantitative estimate of drug-likeness (QED) is 0.825. The summed E-state index contributed by atoms with van der Waals surface area (Å²) in [5, 5.41) is 3.64. The number of hydrogen-bond donors (Lipinski definition) is 1. The highest BCUT2D eigenvalue weighted by atomic mass is 16.5. The topological polar surface area (TPSA) is 43.0 Å². The maximum absolute atomic E-state index is 5.73. The molecule has 2 aromatic rings. The van der Waals surface area contributed by atoms with E-state index in [1.807, 2.05) is 24.3 Å². The molecule has 0 radical (unpaired) electrons. The van der Waals surface area contributed by atoms with Gasteiger partial charge >= 0.3 is 0 Å². The summed E-state index contributed by atoms with van der Waals surface area (Å²) in [5.74, 6) is 1.76. The molecule has 1 unspecified atom stereocenters. The van der Waals surface area contributed by atoms with Crippen molar-refractivity contribution in [3.63, 3.8) is 0 Å². The highest BCUT2D eigenvalue weighted by Gasteiger charge is 2.24. The van der Waals surface area contributed by atoms with Gasteiger partial charge in [-0.05, 0) is 36.8 Å². The Morgan fingerprint density at radius 2 is 1.85 bits per heavy atom. The summed E-state index contributed by atoms with van der Waals surface area (Å²) < 4.78 is 16.4. The molecular weight excluding hydrogens is 328 g/mol. The third kappa shape index (κ3) is 4.48. The minimum atomic E-state index is 0.235. The van der Waals surface area contributed by atoms with Crippen LogP contribution >= 0.6 is 0 Å². The zero-order valence-corrected chi connectivity index (χ0v) is 15.8. The van der Waals surface area contributed by atoms with E-state index in [1.165, 1.54) is 11.3 Å². The number of morpholine rings is 1. The second-order valence-electron chi connectivity index (χ2n) is 6.53. The van der Waals surface area contributed by atoms with Crippen molar-refractivity contribution in [2.45, 2.75) is 19.0 Å². The van der Waals surface area contributed by atoms with Crippen LogP contribution in [0.5, 0.6) is 11.5 Å². The van der Waals surface area contributed by atoms with Gasteiger partial charge in [0.2, 0.25) is 0 Å². The van der Waals surface area contributed by atoms with Crippen LogP contribution in [0.25, 0.3) is 0 Å². The van der Waals surface area contributed by atoms with Crippen LogP contribution < -0.4 is 19.7 Å². The first-order valence-corrected chi connectivity index (χ1v) is 9.07. The van der Waals surface area contributed by atoms with Crippen molar-refractivity contribution in [2.24, 2.45) is 0 Å². The molecule has 2 aromatic carbocycles. The average Bonchev–Trinajstić information content (AvgIpc) is 2.72. The predicted octanol–water partition coefficient (Wildman–Crippen LogP) is 3.26. The molecule has 5 heteroatoms. The Balaban J connectivity index is 1.66. The largest absolute Gasteiger partial charge is 0.497 e. The molecule has 1 saturated heterocycles. The molecule has 0 saturated carbocycles. The fourth-order valence-electron chi connectivity index (χ4n) is 3.29. The fraction of sp³-hybridized carbons (Fsp3) is 0.429. The number of rotatable bonds is 7. The van der Waals surface area contributed by atoms with E-state index in [2.05, 4.69) is 41.4 Å². The molecule has 0 spiro atoms. The molecule has 0 aromatic heterocycles. The zero-order chi connectivity index (χ0) is 18.4. The van der Waals surface area contributed by atoms with Crippen LogP contribution in [0.4, 0.5) is 5.69 Å². The van der Waals surface area contributed by atoms with Crippen molar-refractivity contribution in [1.29, 1.82) is 0 Å². The van der Waals surface area contributed by atoms with E-state index in [0.29, 0.717) is 0 Å². The van der Waals surface area contributed by atoms with E-state index < -0.39 is 0 Å². The van der Waals surface area contributed by atoms with Crippen molar-refractivity contribution < 1.29 is 14.2 Å². The monoisotopic (exact) mass is 356 g/mol. The summed E-state index contributed by atoms with van der Waals surface area (Å²) in [7, 11) is 3.40. The Morgan fingerprint density at radius 1 is 1.12 bits per heavy atom. The van der Waals surface area contributed by atoms with Crippen LogP contribution in [0.1, 0.15) is 18.5 Å². The van der Waals surface area contributed by atoms with Gasteiger partial charge in [-0.25, -0.2) is 0 Å². The Hall–Kier alpha value is -2.24. The molecule has 1 aliphatic rings. The molecule has 5 nitrogen and oxygen atoms in total. The van der Waals surface area contributed by atoms with E-state index in [4.69, 9.17) is 14.2 Å². The van der Waals surface area contributed by atoms with E-state index in [9.17, 15) is 0 Å². The van der Waals surface area contributed by atoms with Crippen molar-refractivity contribution in [2.75, 3.05) is 45.4 Å². The first kappa shape index (κ1) is 18.5. The van der Waals surface area contributed by atoms with Crippen LogP contribution in [-0.4, -0.2) is 46.6 Å². The van der Waals surface area contributed by atoms with Crippen LogP contribution in [0, 0.1) is 0 Å². The van der Waals surface area contributed by atoms with Gasteiger partial charge in [-0.1, -0.05) is 18.2 Å². The van der Waals surface area contributed by atoms with Gasteiger partial charge in [-0.2, -0.15) is 0 Å². The summed E-state index contributed by atoms with van der Waals surface area (Å²) in [6.45, 7) is 5.37. The third-order valence-electron chi connectivity index (χ3n) is 4.87. The molecule has 2 atom stereocenters. The molecule has 140 valence electrons. The van der Waals surface area contributed by atoms with Crippen LogP contribution in [0.2, 0.25) is 0 Å². The summed E-state index contributed by atoms with van der Waals surface area (Å²) in [4.78, 5) is 2.40. The smallest absolute Gasteiger partial charge is 0.120 e. The molecule has 1 N–H and O–H groups in total. The fourth-order valence-corrected chi connectivity index (χ4v) is 3.29. The minimum Gasteiger partial charge on any atom is -0.497 e. The van der Waals surface area contributed by atoms with E-state index in [0.717, 1.165) is 37.8 Å². The third-order valence-corrected chi connectivity index (χ3v) is 4.87. The van der Waals surface area contributed by atoms with Gasteiger partial charge in [0.25, 0.3) is 0 Å². The lowest BCUT2D eigenvalue weighted by Crippen LogP contribution is -2.50. The second kappa shape index (κ2) is 8.92. The maximum atomic E-state index is 5.73. The molecule has 1 aliphatic heterocycles. The lowest BCUT2D eigenvalue weighted by Gasteiger charge is -2.38. The Bertz CT molecular complexity index is 707. The van der Waals surface area contributed by atoms with Crippen LogP contribution in [-0.2, 0) is 4.74 Å². The predicted molar refractivity (Wildman–Crippen MR) is 104 cm³/mol. The number of nitrogens with zero attached hydrogens (tertiary/aromatic N) is 1. The first-order chi connectivity index (χ1) is 12.7. The molecular formula is C21H28N2O3. The van der Waals surface area contributed by atoms with Crippen molar-refractivity contribution in [1.82, 2.24) is 5.32 Å². The van der Waals surface area contributed by atoms with Gasteiger partial charge in [-0.3, -0.25) is 0 Å². The average molecular weight is 356 g/mol. The Labute approximate surface area is 155 Å². The molecule has 0 aliphatic carbocycles. The molecule has 26 heavy (non-hydrogen) atoms. The molecule has 0 amide bonds. The highest BCUT2D eigenvalue weighted by Crippen LogP contribution is 2.25. The zero-order valence-electron chi connectivity index (χ0n) is 15.8. The van der Waals surface area contributed by atoms with E-state index in [1.54, 1.807) is 14.2 Å². The number of anilines is 1. The summed E-state index contributed by atoms with van der Waals surface area (Å²) >= 11 is 0. The molecule has 1 fully saturated rings. The lowest BCUT2D eigenvalue weighted by molar-refractivity contribution is 0.0930. The maximum Gasteiger partial charge on any atom is 0.120 e. The van der Waals surface area contributed by atoms with Gasteiger partial charge in [0.05, 0.1) is 33.5 Å². The normalized spacial score (nSPS) is 18.4. The first-order valence-electron chi connectivity index (χ1n) is 9.07. The van der Waals surface area contributed by atoms with Gasteiger partial charge in [0.15, 0.2) is 0 Å². The van der Waals surface area contributed by atoms with Crippen molar-refractivity contribution >= 4 is 5.69 Å². The van der Waals surface area contributed by atoms with Crippen molar-refractivity contribution in [3.8, 4) is 11.5 Å². The number of benzene rings is 2.